The second kappa shape index (κ2) is 8.10. The third-order valence-electron chi connectivity index (χ3n) is 5.04. The van der Waals surface area contributed by atoms with E-state index in [-0.39, 0.29) is 31.0 Å². The lowest BCUT2D eigenvalue weighted by Gasteiger charge is -2.40. The molecule has 28 heavy (non-hydrogen) atoms. The van der Waals surface area contributed by atoms with Crippen molar-refractivity contribution in [2.24, 2.45) is 0 Å². The van der Waals surface area contributed by atoms with E-state index in [0.717, 1.165) is 36.9 Å². The molecule has 1 N–H and O–H groups in total. The van der Waals surface area contributed by atoms with Crippen LogP contribution in [-0.4, -0.2) is 45.6 Å². The van der Waals surface area contributed by atoms with Gasteiger partial charge in [-0.1, -0.05) is 24.6 Å². The molecule has 8 nitrogen and oxygen atoms in total. The summed E-state index contributed by atoms with van der Waals surface area (Å²) in [6.07, 6.45) is 6.29. The predicted octanol–water partition coefficient (Wildman–Crippen LogP) is 1.77. The van der Waals surface area contributed by atoms with Gasteiger partial charge in [0.05, 0.1) is 18.3 Å². The molecule has 1 aliphatic heterocycles. The average molecular weight is 384 g/mol. The number of nitrogens with zero attached hydrogens (tertiary/aromatic N) is 3. The summed E-state index contributed by atoms with van der Waals surface area (Å²) in [5.74, 6) is 0.237. The Morgan fingerprint density at radius 1 is 1.39 bits per heavy atom. The zero-order valence-corrected chi connectivity index (χ0v) is 15.8. The molecule has 2 atom stereocenters. The van der Waals surface area contributed by atoms with Gasteiger partial charge in [-0.25, -0.2) is 0 Å². The van der Waals surface area contributed by atoms with E-state index in [1.165, 1.54) is 0 Å². The number of rotatable bonds is 7. The third-order valence-corrected chi connectivity index (χ3v) is 5.04. The van der Waals surface area contributed by atoms with Crippen LogP contribution in [0.25, 0.3) is 0 Å². The Hall–Kier alpha value is -2.74. The topological polar surface area (TPSA) is 97.6 Å². The van der Waals surface area contributed by atoms with Crippen molar-refractivity contribution < 1.29 is 18.8 Å². The summed E-state index contributed by atoms with van der Waals surface area (Å²) < 4.78 is 11.0. The van der Waals surface area contributed by atoms with Crippen molar-refractivity contribution in [3.63, 3.8) is 0 Å². The zero-order valence-electron chi connectivity index (χ0n) is 15.8. The number of ether oxygens (including phenoxy) is 1. The van der Waals surface area contributed by atoms with Crippen LogP contribution in [0, 0.1) is 0 Å². The molecule has 0 bridgehead atoms. The molecule has 0 unspecified atom stereocenters. The van der Waals surface area contributed by atoms with Crippen molar-refractivity contribution in [2.45, 2.75) is 57.3 Å². The van der Waals surface area contributed by atoms with Crippen LogP contribution in [-0.2, 0) is 27.3 Å². The minimum atomic E-state index is -0.791. The first-order chi connectivity index (χ1) is 13.7. The number of nitrogens with one attached hydrogen (secondary N) is 1. The van der Waals surface area contributed by atoms with Gasteiger partial charge in [-0.05, 0) is 30.9 Å². The van der Waals surface area contributed by atoms with Crippen molar-refractivity contribution in [1.29, 1.82) is 0 Å². The van der Waals surface area contributed by atoms with Gasteiger partial charge in [0.2, 0.25) is 5.91 Å². The molecule has 1 aliphatic carbocycles. The van der Waals surface area contributed by atoms with E-state index >= 15 is 0 Å². The quantitative estimate of drug-likeness (QED) is 0.781. The van der Waals surface area contributed by atoms with Crippen LogP contribution in [0.3, 0.4) is 0 Å². The fraction of sp³-hybridized carbons (Fsp3) is 0.500. The number of aryl methyl sites for hydroxylation is 1. The molecule has 0 spiro atoms. The average Bonchev–Trinajstić information content (AvgIpc) is 3.45. The van der Waals surface area contributed by atoms with Gasteiger partial charge in [0, 0.05) is 24.5 Å². The molecule has 148 valence electrons. The fourth-order valence-electron chi connectivity index (χ4n) is 3.60. The van der Waals surface area contributed by atoms with Crippen LogP contribution < -0.4 is 5.32 Å². The molecule has 2 amide bonds. The van der Waals surface area contributed by atoms with E-state index in [9.17, 15) is 9.59 Å². The van der Waals surface area contributed by atoms with E-state index in [0.29, 0.717) is 5.76 Å². The van der Waals surface area contributed by atoms with Gasteiger partial charge in [0.1, 0.15) is 6.61 Å². The van der Waals surface area contributed by atoms with Gasteiger partial charge in [-0.3, -0.25) is 14.6 Å². The van der Waals surface area contributed by atoms with Crippen LogP contribution >= 0.6 is 0 Å². The summed E-state index contributed by atoms with van der Waals surface area (Å²) in [4.78, 5) is 31.4. The maximum Gasteiger partial charge on any atom is 0.252 e. The molecule has 0 radical (unpaired) electrons. The van der Waals surface area contributed by atoms with E-state index in [2.05, 4.69) is 22.4 Å². The van der Waals surface area contributed by atoms with Gasteiger partial charge in [-0.15, -0.1) is 0 Å². The molecular formula is C20H24N4O4. The zero-order chi connectivity index (χ0) is 19.5. The minimum Gasteiger partial charge on any atom is -0.359 e. The first-order valence-corrected chi connectivity index (χ1v) is 9.72. The highest BCUT2D eigenvalue weighted by atomic mass is 16.5. The molecule has 2 fully saturated rings. The number of hydrogen-bond acceptors (Lipinski definition) is 6. The summed E-state index contributed by atoms with van der Waals surface area (Å²) in [6.45, 7) is 2.21. The number of carbonyl (C=O) groups excluding carboxylic acids is 2. The lowest BCUT2D eigenvalue weighted by atomic mass is 9.98. The first-order valence-electron chi connectivity index (χ1n) is 9.72. The highest BCUT2D eigenvalue weighted by Crippen LogP contribution is 2.39. The molecule has 0 aromatic carbocycles. The Labute approximate surface area is 163 Å². The number of hydrogen-bond donors (Lipinski definition) is 1. The fourth-order valence-corrected chi connectivity index (χ4v) is 3.60. The Morgan fingerprint density at radius 2 is 2.25 bits per heavy atom. The molecule has 2 aromatic heterocycles. The van der Waals surface area contributed by atoms with E-state index in [1.54, 1.807) is 23.4 Å². The normalized spacial score (nSPS) is 22.3. The van der Waals surface area contributed by atoms with Crippen molar-refractivity contribution in [2.75, 3.05) is 6.61 Å². The number of carbonyl (C=O) groups is 2. The number of amides is 2. The van der Waals surface area contributed by atoms with Crippen LogP contribution in [0.4, 0.5) is 0 Å². The molecule has 4 rings (SSSR count). The van der Waals surface area contributed by atoms with E-state index in [4.69, 9.17) is 9.26 Å². The highest BCUT2D eigenvalue weighted by Gasteiger charge is 2.47. The number of pyridine rings is 1. The maximum atomic E-state index is 12.9. The minimum absolute atomic E-state index is 0.0835. The van der Waals surface area contributed by atoms with Crippen LogP contribution in [0.2, 0.25) is 0 Å². The molecule has 2 aromatic rings. The third kappa shape index (κ3) is 3.91. The van der Waals surface area contributed by atoms with Gasteiger partial charge in [0.25, 0.3) is 5.91 Å². The lowest BCUT2D eigenvalue weighted by molar-refractivity contribution is -0.165. The Kier molecular flexibility index (Phi) is 5.38. The molecule has 2 aliphatic rings. The summed E-state index contributed by atoms with van der Waals surface area (Å²) in [6, 6.07) is 5.22. The van der Waals surface area contributed by atoms with Crippen molar-refractivity contribution in [3.8, 4) is 0 Å². The van der Waals surface area contributed by atoms with Gasteiger partial charge < -0.3 is 19.5 Å². The van der Waals surface area contributed by atoms with Crippen molar-refractivity contribution in [3.05, 3.63) is 47.6 Å². The van der Waals surface area contributed by atoms with Crippen LogP contribution in [0.5, 0.6) is 0 Å². The number of morpholine rings is 1. The first kappa shape index (κ1) is 18.6. The summed E-state index contributed by atoms with van der Waals surface area (Å²) >= 11 is 0. The van der Waals surface area contributed by atoms with Gasteiger partial charge in [0.15, 0.2) is 11.9 Å². The Balaban J connectivity index is 1.50. The second-order valence-corrected chi connectivity index (χ2v) is 7.25. The standard InChI is InChI=1S/C20H24N4O4/c1-2-4-14-9-16(28-23-14)11-22-20(26)19-18(13-5-3-8-21-10-13)24(15-6-7-15)17(25)12-27-19/h3,5,8-10,15,18-19H,2,4,6-7,11-12H2,1H3,(H,22,26)/t18-,19+/m1/s1. The second-order valence-electron chi connectivity index (χ2n) is 7.25. The van der Waals surface area contributed by atoms with Crippen LogP contribution in [0.15, 0.2) is 35.1 Å². The largest absolute Gasteiger partial charge is 0.359 e. The lowest BCUT2D eigenvalue weighted by Crippen LogP contribution is -2.55. The maximum absolute atomic E-state index is 12.9. The SMILES string of the molecule is CCCc1cc(CNC(=O)[C@H]2OCC(=O)N(C3CC3)[C@@H]2c2cccnc2)on1. The van der Waals surface area contributed by atoms with Gasteiger partial charge >= 0.3 is 0 Å². The number of aromatic nitrogens is 2. The summed E-state index contributed by atoms with van der Waals surface area (Å²) in [5, 5.41) is 6.86. The van der Waals surface area contributed by atoms with Crippen molar-refractivity contribution in [1.82, 2.24) is 20.4 Å². The van der Waals surface area contributed by atoms with Gasteiger partial charge in [-0.2, -0.15) is 0 Å². The van der Waals surface area contributed by atoms with Crippen molar-refractivity contribution >= 4 is 11.8 Å². The predicted molar refractivity (Wildman–Crippen MR) is 98.9 cm³/mol. The Morgan fingerprint density at radius 3 is 2.96 bits per heavy atom. The highest BCUT2D eigenvalue weighted by molar-refractivity contribution is 5.86. The monoisotopic (exact) mass is 384 g/mol. The van der Waals surface area contributed by atoms with E-state index < -0.39 is 12.1 Å². The molecule has 1 saturated heterocycles. The molecular weight excluding hydrogens is 360 g/mol. The summed E-state index contributed by atoms with van der Waals surface area (Å²) in [7, 11) is 0. The van der Waals surface area contributed by atoms with Crippen LogP contribution in [0.1, 0.15) is 49.2 Å². The van der Waals surface area contributed by atoms with E-state index in [1.807, 2.05) is 12.1 Å². The molecule has 3 heterocycles. The summed E-state index contributed by atoms with van der Waals surface area (Å²) in [5.41, 5.74) is 1.67. The Bertz CT molecular complexity index is 834. The molecule has 8 heteroatoms. The molecule has 1 saturated carbocycles. The smallest absolute Gasteiger partial charge is 0.252 e.